The smallest absolute Gasteiger partial charge is 0.243 e. The number of primary amides is 3. The number of nitrogens with zero attached hydrogens (tertiary/aromatic N) is 1. The summed E-state index contributed by atoms with van der Waals surface area (Å²) in [5.74, 6) is -9.80. The highest BCUT2D eigenvalue weighted by Crippen LogP contribution is 2.15. The number of hydrogen-bond acceptors (Lipinski definition) is 15. The summed E-state index contributed by atoms with van der Waals surface area (Å²) in [6, 6.07) is 27.4. The normalized spacial score (nSPS) is 13.7. The first kappa shape index (κ1) is 75.0. The fourth-order valence-electron chi connectivity index (χ4n) is 10.1. The second-order valence-electron chi connectivity index (χ2n) is 22.9. The standard InChI is InChI=1S/C67H88N16O12/c68-34-14-13-24-48(58(72)87)76-63(92)52(37-41-16-5-1-6-17-41)81-61(90)50(30-32-56(70)85)78-64(93)53(38-42-18-7-2-8-19-42)82-62(91)51(31-33-57(71)86)79-65(94)54(39-43-20-9-3-10-21-43)83-66(95)55(40-44-22-11-4-12-23-44)80-60(89)49(25-15-35-75-67(73)74)77-59(88)47(69)36-45-26-28-46(84)29-27-45/h1-12,16-23,26-29,47-55,84H,13-15,24-25,30-40,68-69H2,(H2,70,85)(H2,71,86)(H2,72,87)(H,76,92)(H,77,88)(H,78,93)(H,79,94)(H,80,89)(H,81,90)(H,82,91)(H,83,95)(H4,73,74,75)/t47-,48-,49+,50-,51-,52-,53-,54-,55-/m0/s1. The van der Waals surface area contributed by atoms with E-state index in [0.717, 1.165) is 0 Å². The van der Waals surface area contributed by atoms with Gasteiger partial charge in [-0.2, -0.15) is 0 Å². The average molecular weight is 1310 g/mol. The first-order valence-corrected chi connectivity index (χ1v) is 31.2. The maximum absolute atomic E-state index is 14.9. The molecule has 0 saturated heterocycles. The summed E-state index contributed by atoms with van der Waals surface area (Å²) in [4.78, 5) is 157. The number of phenols is 1. The monoisotopic (exact) mass is 1310 g/mol. The second kappa shape index (κ2) is 39.6. The SMILES string of the molecule is NCCCC[C@H](NC(=O)[C@H](Cc1ccccc1)NC(=O)[C@H](CCC(N)=O)NC(=O)[C@H](Cc1ccccc1)NC(=O)[C@H](CCC(N)=O)NC(=O)[C@H](Cc1ccccc1)NC(=O)[C@H](Cc1ccccc1)NC(=O)[C@@H](CCCN=C(N)N)NC(=O)[C@@H](N)Cc1ccc(O)cc1)C(N)=O. The lowest BCUT2D eigenvalue weighted by Gasteiger charge is -2.28. The van der Waals surface area contributed by atoms with Crippen LogP contribution in [-0.4, -0.2) is 144 Å². The van der Waals surface area contributed by atoms with Crippen molar-refractivity contribution < 1.29 is 57.8 Å². The number of carbonyl (C=O) groups is 11. The molecule has 0 aromatic heterocycles. The van der Waals surface area contributed by atoms with Gasteiger partial charge in [0.2, 0.25) is 65.0 Å². The fourth-order valence-corrected chi connectivity index (χ4v) is 10.1. The summed E-state index contributed by atoms with van der Waals surface area (Å²) < 4.78 is 0. The van der Waals surface area contributed by atoms with Gasteiger partial charge in [-0.05, 0) is 97.9 Å². The van der Waals surface area contributed by atoms with E-state index in [1.54, 1.807) is 133 Å². The Bertz CT molecular complexity index is 3360. The van der Waals surface area contributed by atoms with Crippen molar-refractivity contribution in [3.05, 3.63) is 173 Å². The van der Waals surface area contributed by atoms with Crippen molar-refractivity contribution in [1.82, 2.24) is 42.5 Å². The molecule has 95 heavy (non-hydrogen) atoms. The van der Waals surface area contributed by atoms with Crippen LogP contribution in [0.2, 0.25) is 0 Å². The highest BCUT2D eigenvalue weighted by molar-refractivity contribution is 5.99. The van der Waals surface area contributed by atoms with Crippen molar-refractivity contribution in [3.63, 3.8) is 0 Å². The maximum atomic E-state index is 14.9. The Labute approximate surface area is 550 Å². The molecule has 0 radical (unpaired) electrons. The lowest BCUT2D eigenvalue weighted by molar-refractivity contribution is -0.136. The van der Waals surface area contributed by atoms with Gasteiger partial charge in [0.15, 0.2) is 5.96 Å². The van der Waals surface area contributed by atoms with Gasteiger partial charge in [0, 0.05) is 45.1 Å². The van der Waals surface area contributed by atoms with E-state index in [-0.39, 0.29) is 69.6 Å². The van der Waals surface area contributed by atoms with Crippen molar-refractivity contribution >= 4 is 70.9 Å². The minimum atomic E-state index is -1.65. The van der Waals surface area contributed by atoms with Crippen molar-refractivity contribution in [2.45, 2.75) is 144 Å². The van der Waals surface area contributed by atoms with Crippen LogP contribution in [0.1, 0.15) is 85.6 Å². The number of carbonyl (C=O) groups excluding carboxylic acids is 11. The number of amides is 11. The van der Waals surface area contributed by atoms with E-state index < -0.39 is 145 Å². The number of unbranched alkanes of at least 4 members (excludes halogenated alkanes) is 1. The summed E-state index contributed by atoms with van der Waals surface area (Å²) in [5, 5.41) is 31.1. The van der Waals surface area contributed by atoms with E-state index in [9.17, 15) is 57.8 Å². The molecule has 5 aromatic carbocycles. The van der Waals surface area contributed by atoms with Crippen LogP contribution in [0, 0.1) is 0 Å². The van der Waals surface area contributed by atoms with Crippen LogP contribution in [-0.2, 0) is 84.8 Å². The Hall–Kier alpha value is -10.7. The predicted molar refractivity (Wildman–Crippen MR) is 355 cm³/mol. The molecule has 0 heterocycles. The first-order valence-electron chi connectivity index (χ1n) is 31.2. The molecule has 11 amide bonds. The number of nitrogens with two attached hydrogens (primary N) is 7. The van der Waals surface area contributed by atoms with E-state index in [1.807, 2.05) is 0 Å². The fraction of sp³-hybridized carbons (Fsp3) is 0.373. The van der Waals surface area contributed by atoms with E-state index in [1.165, 1.54) is 12.1 Å². The van der Waals surface area contributed by atoms with Gasteiger partial charge in [-0.25, -0.2) is 0 Å². The number of guanidine groups is 1. The van der Waals surface area contributed by atoms with Crippen molar-refractivity contribution in [3.8, 4) is 5.75 Å². The van der Waals surface area contributed by atoms with Crippen LogP contribution in [0.3, 0.4) is 0 Å². The number of benzene rings is 5. The molecule has 23 N–H and O–H groups in total. The third-order valence-corrected chi connectivity index (χ3v) is 15.2. The van der Waals surface area contributed by atoms with Gasteiger partial charge in [0.25, 0.3) is 0 Å². The van der Waals surface area contributed by atoms with Gasteiger partial charge >= 0.3 is 0 Å². The average Bonchev–Trinajstić information content (AvgIpc) is 0.910. The van der Waals surface area contributed by atoms with Crippen LogP contribution in [0.25, 0.3) is 0 Å². The van der Waals surface area contributed by atoms with Gasteiger partial charge in [-0.15, -0.1) is 0 Å². The zero-order valence-corrected chi connectivity index (χ0v) is 52.8. The topological polar surface area (TPSA) is 499 Å². The highest BCUT2D eigenvalue weighted by atomic mass is 16.3. The zero-order valence-electron chi connectivity index (χ0n) is 52.8. The molecule has 28 heteroatoms. The third kappa shape index (κ3) is 27.6. The van der Waals surface area contributed by atoms with E-state index in [2.05, 4.69) is 47.5 Å². The van der Waals surface area contributed by atoms with Crippen LogP contribution < -0.4 is 82.7 Å². The quantitative estimate of drug-likeness (QED) is 0.0118. The number of aliphatic imine (C=N–C) groups is 1. The van der Waals surface area contributed by atoms with E-state index in [4.69, 9.17) is 40.1 Å². The minimum Gasteiger partial charge on any atom is -0.508 e. The molecular weight excluding hydrogens is 1220 g/mol. The predicted octanol–water partition coefficient (Wildman–Crippen LogP) is -1.69. The molecule has 0 aliphatic rings. The number of nitrogens with one attached hydrogen (secondary N) is 8. The molecule has 0 unspecified atom stereocenters. The summed E-state index contributed by atoms with van der Waals surface area (Å²) in [5.41, 5.74) is 42.8. The van der Waals surface area contributed by atoms with Gasteiger partial charge in [-0.1, -0.05) is 133 Å². The summed E-state index contributed by atoms with van der Waals surface area (Å²) >= 11 is 0. The molecular formula is C67H88N16O12. The molecule has 5 rings (SSSR count). The third-order valence-electron chi connectivity index (χ3n) is 15.2. The van der Waals surface area contributed by atoms with Crippen LogP contribution >= 0.6 is 0 Å². The largest absolute Gasteiger partial charge is 0.508 e. The van der Waals surface area contributed by atoms with Crippen molar-refractivity contribution in [2.75, 3.05) is 13.1 Å². The van der Waals surface area contributed by atoms with Crippen LogP contribution in [0.15, 0.2) is 151 Å². The summed E-state index contributed by atoms with van der Waals surface area (Å²) in [6.45, 7) is 0.399. The Morgan fingerprint density at radius 3 is 0.968 bits per heavy atom. The number of aromatic hydroxyl groups is 1. The molecule has 508 valence electrons. The zero-order chi connectivity index (χ0) is 69.2. The van der Waals surface area contributed by atoms with Gasteiger partial charge in [0.1, 0.15) is 54.1 Å². The molecule has 0 bridgehead atoms. The number of hydrogen-bond donors (Lipinski definition) is 16. The molecule has 9 atom stereocenters. The molecule has 0 aliphatic heterocycles. The lowest BCUT2D eigenvalue weighted by Crippen LogP contribution is -2.61. The molecule has 0 spiro atoms. The van der Waals surface area contributed by atoms with E-state index in [0.29, 0.717) is 47.2 Å². The number of phenolic OH excluding ortho intramolecular Hbond substituents is 1. The lowest BCUT2D eigenvalue weighted by atomic mass is 10.0. The van der Waals surface area contributed by atoms with Crippen LogP contribution in [0.5, 0.6) is 5.75 Å². The Kier molecular flexibility index (Phi) is 31.3. The summed E-state index contributed by atoms with van der Waals surface area (Å²) in [6.07, 6.45) is -1.05. The Balaban J connectivity index is 1.45. The first-order chi connectivity index (χ1) is 45.5. The molecule has 0 fully saturated rings. The van der Waals surface area contributed by atoms with Gasteiger partial charge < -0.3 is 87.8 Å². The molecule has 28 nitrogen and oxygen atoms in total. The minimum absolute atomic E-state index is 0.00720. The highest BCUT2D eigenvalue weighted by Gasteiger charge is 2.36. The van der Waals surface area contributed by atoms with Crippen molar-refractivity contribution in [2.24, 2.45) is 45.1 Å². The second-order valence-corrected chi connectivity index (χ2v) is 22.9. The number of rotatable bonds is 41. The molecule has 0 aliphatic carbocycles. The van der Waals surface area contributed by atoms with Crippen LogP contribution in [0.4, 0.5) is 0 Å². The summed E-state index contributed by atoms with van der Waals surface area (Å²) in [7, 11) is 0. The van der Waals surface area contributed by atoms with Crippen molar-refractivity contribution in [1.29, 1.82) is 0 Å². The Morgan fingerprint density at radius 1 is 0.347 bits per heavy atom. The molecule has 5 aromatic rings. The molecule has 0 saturated carbocycles. The van der Waals surface area contributed by atoms with Gasteiger partial charge in [0.05, 0.1) is 6.04 Å². The van der Waals surface area contributed by atoms with Gasteiger partial charge in [-0.3, -0.25) is 57.7 Å². The maximum Gasteiger partial charge on any atom is 0.243 e. The Morgan fingerprint density at radius 2 is 0.642 bits per heavy atom. The van der Waals surface area contributed by atoms with E-state index >= 15 is 0 Å².